The van der Waals surface area contributed by atoms with Crippen molar-refractivity contribution in [2.45, 2.75) is 45.7 Å². The van der Waals surface area contributed by atoms with Crippen LogP contribution in [-0.2, 0) is 0 Å². The summed E-state index contributed by atoms with van der Waals surface area (Å²) >= 11 is 3.66. The minimum absolute atomic E-state index is 0.163. The summed E-state index contributed by atoms with van der Waals surface area (Å²) in [5.41, 5.74) is 7.66. The summed E-state index contributed by atoms with van der Waals surface area (Å²) in [4.78, 5) is 2.40. The van der Waals surface area contributed by atoms with Crippen LogP contribution in [0.2, 0.25) is 0 Å². The highest BCUT2D eigenvalue weighted by molar-refractivity contribution is 9.10. The first-order valence-electron chi connectivity index (χ1n) is 7.17. The van der Waals surface area contributed by atoms with Crippen LogP contribution in [0, 0.1) is 5.92 Å². The molecule has 2 nitrogen and oxygen atoms in total. The van der Waals surface area contributed by atoms with Crippen molar-refractivity contribution in [2.75, 3.05) is 13.6 Å². The number of nitrogens with two attached hydrogens (primary N) is 1. The summed E-state index contributed by atoms with van der Waals surface area (Å²) in [6, 6.07) is 8.86. The summed E-state index contributed by atoms with van der Waals surface area (Å²) < 4.78 is 1.15. The Balaban J connectivity index is 2.92. The third-order valence-corrected chi connectivity index (χ3v) is 4.36. The van der Waals surface area contributed by atoms with Gasteiger partial charge in [0.05, 0.1) is 6.04 Å². The molecule has 1 rings (SSSR count). The zero-order chi connectivity index (χ0) is 14.4. The molecule has 0 radical (unpaired) electrons. The SMILES string of the molecule is CCC(N)C(c1ccccc1Br)N(C)CCC(C)C. The standard InChI is InChI=1S/C16H27BrN2/c1-5-15(18)16(19(4)11-10-12(2)3)13-8-6-7-9-14(13)17/h6-9,12,15-16H,5,10-11,18H2,1-4H3. The average Bonchev–Trinajstić information content (AvgIpc) is 2.38. The number of halogens is 1. The van der Waals surface area contributed by atoms with Gasteiger partial charge >= 0.3 is 0 Å². The number of hydrogen-bond acceptors (Lipinski definition) is 2. The predicted octanol–water partition coefficient (Wildman–Crippen LogP) is 4.21. The number of likely N-dealkylation sites (N-methyl/N-ethyl adjacent to an activating group) is 1. The van der Waals surface area contributed by atoms with Gasteiger partial charge in [-0.15, -0.1) is 0 Å². The molecule has 1 aromatic rings. The van der Waals surface area contributed by atoms with Crippen molar-refractivity contribution in [1.29, 1.82) is 0 Å². The molecule has 0 aliphatic rings. The summed E-state index contributed by atoms with van der Waals surface area (Å²) in [5, 5.41) is 0. The first-order chi connectivity index (χ1) is 8.97. The van der Waals surface area contributed by atoms with Gasteiger partial charge < -0.3 is 5.73 Å². The summed E-state index contributed by atoms with van der Waals surface area (Å²) in [6.07, 6.45) is 2.19. The quantitative estimate of drug-likeness (QED) is 0.813. The van der Waals surface area contributed by atoms with Gasteiger partial charge in [0.2, 0.25) is 0 Å². The molecule has 0 fully saturated rings. The minimum Gasteiger partial charge on any atom is -0.326 e. The summed E-state index contributed by atoms with van der Waals surface area (Å²) in [6.45, 7) is 7.77. The Morgan fingerprint density at radius 2 is 1.89 bits per heavy atom. The molecule has 1 aromatic carbocycles. The number of benzene rings is 1. The first-order valence-corrected chi connectivity index (χ1v) is 7.96. The van der Waals surface area contributed by atoms with E-state index in [1.54, 1.807) is 0 Å². The molecule has 0 saturated carbocycles. The second-order valence-electron chi connectivity index (χ2n) is 5.70. The topological polar surface area (TPSA) is 29.3 Å². The highest BCUT2D eigenvalue weighted by atomic mass is 79.9. The first kappa shape index (κ1) is 16.7. The van der Waals surface area contributed by atoms with Gasteiger partial charge in [0.15, 0.2) is 0 Å². The molecule has 0 heterocycles. The molecule has 0 aromatic heterocycles. The molecule has 108 valence electrons. The Morgan fingerprint density at radius 1 is 1.26 bits per heavy atom. The van der Waals surface area contributed by atoms with E-state index in [1.807, 2.05) is 0 Å². The Bertz CT molecular complexity index is 379. The molecule has 3 heteroatoms. The van der Waals surface area contributed by atoms with Gasteiger partial charge in [-0.05, 0) is 44.0 Å². The van der Waals surface area contributed by atoms with E-state index < -0.39 is 0 Å². The van der Waals surface area contributed by atoms with Crippen LogP contribution in [-0.4, -0.2) is 24.5 Å². The Kier molecular flexibility index (Phi) is 7.05. The van der Waals surface area contributed by atoms with E-state index in [2.05, 4.69) is 72.9 Å². The largest absolute Gasteiger partial charge is 0.326 e. The maximum absolute atomic E-state index is 6.36. The maximum atomic E-state index is 6.36. The molecule has 0 aliphatic carbocycles. The van der Waals surface area contributed by atoms with Crippen LogP contribution in [0.15, 0.2) is 28.7 Å². The molecule has 19 heavy (non-hydrogen) atoms. The van der Waals surface area contributed by atoms with Gasteiger partial charge in [-0.25, -0.2) is 0 Å². The van der Waals surface area contributed by atoms with Gasteiger partial charge in [0.25, 0.3) is 0 Å². The fourth-order valence-electron chi connectivity index (χ4n) is 2.33. The average molecular weight is 327 g/mol. The highest BCUT2D eigenvalue weighted by Crippen LogP contribution is 2.30. The van der Waals surface area contributed by atoms with Gasteiger partial charge in [0, 0.05) is 10.5 Å². The smallest absolute Gasteiger partial charge is 0.0507 e. The second kappa shape index (κ2) is 8.03. The fourth-order valence-corrected chi connectivity index (χ4v) is 2.85. The van der Waals surface area contributed by atoms with E-state index in [0.717, 1.165) is 23.4 Å². The summed E-state index contributed by atoms with van der Waals surface area (Å²) in [5.74, 6) is 0.722. The Hall–Kier alpha value is -0.380. The Morgan fingerprint density at radius 3 is 2.42 bits per heavy atom. The van der Waals surface area contributed by atoms with Crippen LogP contribution >= 0.6 is 15.9 Å². The zero-order valence-electron chi connectivity index (χ0n) is 12.6. The molecular weight excluding hydrogens is 300 g/mol. The molecule has 2 N–H and O–H groups in total. The fraction of sp³-hybridized carbons (Fsp3) is 0.625. The van der Waals surface area contributed by atoms with E-state index in [0.29, 0.717) is 0 Å². The van der Waals surface area contributed by atoms with Crippen LogP contribution in [0.5, 0.6) is 0 Å². The van der Waals surface area contributed by atoms with Gasteiger partial charge in [-0.3, -0.25) is 4.90 Å². The molecule has 0 bridgehead atoms. The van der Waals surface area contributed by atoms with E-state index in [-0.39, 0.29) is 12.1 Å². The number of rotatable bonds is 7. The van der Waals surface area contributed by atoms with Crippen molar-refractivity contribution >= 4 is 15.9 Å². The van der Waals surface area contributed by atoms with Crippen molar-refractivity contribution < 1.29 is 0 Å². The van der Waals surface area contributed by atoms with Gasteiger partial charge in [-0.1, -0.05) is 54.9 Å². The summed E-state index contributed by atoms with van der Waals surface area (Å²) in [7, 11) is 2.18. The van der Waals surface area contributed by atoms with Crippen LogP contribution < -0.4 is 5.73 Å². The van der Waals surface area contributed by atoms with Crippen LogP contribution in [0.25, 0.3) is 0 Å². The lowest BCUT2D eigenvalue weighted by atomic mass is 9.96. The van der Waals surface area contributed by atoms with Crippen molar-refractivity contribution in [1.82, 2.24) is 4.90 Å². The third kappa shape index (κ3) is 4.90. The van der Waals surface area contributed by atoms with Crippen molar-refractivity contribution in [3.63, 3.8) is 0 Å². The lowest BCUT2D eigenvalue weighted by Gasteiger charge is -2.33. The third-order valence-electron chi connectivity index (χ3n) is 3.63. The van der Waals surface area contributed by atoms with Crippen molar-refractivity contribution in [3.05, 3.63) is 34.3 Å². The van der Waals surface area contributed by atoms with Gasteiger partial charge in [-0.2, -0.15) is 0 Å². The van der Waals surface area contributed by atoms with Crippen LogP contribution in [0.3, 0.4) is 0 Å². The molecular formula is C16H27BrN2. The van der Waals surface area contributed by atoms with E-state index in [4.69, 9.17) is 5.73 Å². The molecule has 0 spiro atoms. The zero-order valence-corrected chi connectivity index (χ0v) is 14.2. The van der Waals surface area contributed by atoms with Crippen LogP contribution in [0.4, 0.5) is 0 Å². The molecule has 2 unspecified atom stereocenters. The van der Waals surface area contributed by atoms with Crippen molar-refractivity contribution in [2.24, 2.45) is 11.7 Å². The second-order valence-corrected chi connectivity index (χ2v) is 6.56. The van der Waals surface area contributed by atoms with Crippen molar-refractivity contribution in [3.8, 4) is 0 Å². The minimum atomic E-state index is 0.163. The highest BCUT2D eigenvalue weighted by Gasteiger charge is 2.24. The number of nitrogens with zero attached hydrogens (tertiary/aromatic N) is 1. The predicted molar refractivity (Wildman–Crippen MR) is 87.2 cm³/mol. The lowest BCUT2D eigenvalue weighted by molar-refractivity contribution is 0.199. The number of hydrogen-bond donors (Lipinski definition) is 1. The monoisotopic (exact) mass is 326 g/mol. The van der Waals surface area contributed by atoms with E-state index >= 15 is 0 Å². The van der Waals surface area contributed by atoms with Gasteiger partial charge in [0.1, 0.15) is 0 Å². The van der Waals surface area contributed by atoms with Crippen LogP contribution in [0.1, 0.15) is 45.2 Å². The molecule has 2 atom stereocenters. The molecule has 0 saturated heterocycles. The lowest BCUT2D eigenvalue weighted by Crippen LogP contribution is -2.39. The Labute approximate surface area is 126 Å². The van der Waals surface area contributed by atoms with E-state index in [9.17, 15) is 0 Å². The van der Waals surface area contributed by atoms with E-state index in [1.165, 1.54) is 12.0 Å². The molecule has 0 aliphatic heterocycles. The maximum Gasteiger partial charge on any atom is 0.0507 e. The normalized spacial score (nSPS) is 14.9. The molecule has 0 amide bonds.